The van der Waals surface area contributed by atoms with E-state index in [1.807, 2.05) is 36.4 Å². The van der Waals surface area contributed by atoms with Crippen LogP contribution in [0.2, 0.25) is 5.02 Å². The number of benzene rings is 2. The Balaban J connectivity index is 1.66. The number of nitrogens with one attached hydrogen (secondary N) is 1. The van der Waals surface area contributed by atoms with Crippen LogP contribution >= 0.6 is 11.6 Å². The molecule has 1 amide bonds. The van der Waals surface area contributed by atoms with Crippen molar-refractivity contribution in [3.8, 4) is 11.3 Å². The molecule has 1 fully saturated rings. The molecule has 4 rings (SSSR count). The monoisotopic (exact) mass is 382 g/mol. The maximum atomic E-state index is 12.7. The van der Waals surface area contributed by atoms with Gasteiger partial charge in [0.05, 0.1) is 23.3 Å². The number of esters is 1. The number of pyridine rings is 1. The molecule has 7 heteroatoms. The number of para-hydroxylation sites is 1. The summed E-state index contributed by atoms with van der Waals surface area (Å²) in [6.07, 6.45) is -0.985. The Kier molecular flexibility index (Phi) is 4.64. The summed E-state index contributed by atoms with van der Waals surface area (Å²) < 4.78 is 10.4. The van der Waals surface area contributed by atoms with Crippen molar-refractivity contribution in [3.05, 3.63) is 65.2 Å². The van der Waals surface area contributed by atoms with Crippen molar-refractivity contribution in [1.29, 1.82) is 0 Å². The molecule has 1 aromatic heterocycles. The van der Waals surface area contributed by atoms with Gasteiger partial charge >= 0.3 is 12.1 Å². The summed E-state index contributed by atoms with van der Waals surface area (Å²) in [4.78, 5) is 28.4. The van der Waals surface area contributed by atoms with Gasteiger partial charge in [0.15, 0.2) is 6.10 Å². The number of alkyl carbamates (subject to hydrolysis) is 1. The van der Waals surface area contributed by atoms with E-state index in [4.69, 9.17) is 21.1 Å². The van der Waals surface area contributed by atoms with Crippen molar-refractivity contribution < 1.29 is 19.1 Å². The molecule has 0 spiro atoms. The topological polar surface area (TPSA) is 77.5 Å². The maximum absolute atomic E-state index is 12.7. The van der Waals surface area contributed by atoms with E-state index in [0.29, 0.717) is 33.7 Å². The summed E-state index contributed by atoms with van der Waals surface area (Å²) in [5.74, 6) is -0.494. The molecule has 27 heavy (non-hydrogen) atoms. The van der Waals surface area contributed by atoms with Crippen LogP contribution in [0.4, 0.5) is 4.79 Å². The summed E-state index contributed by atoms with van der Waals surface area (Å²) >= 11 is 5.95. The van der Waals surface area contributed by atoms with Gasteiger partial charge in [-0.25, -0.2) is 14.6 Å². The Bertz CT molecular complexity index is 1020. The van der Waals surface area contributed by atoms with E-state index in [1.165, 1.54) is 0 Å². The van der Waals surface area contributed by atoms with Crippen LogP contribution in [0.3, 0.4) is 0 Å². The average molecular weight is 383 g/mol. The van der Waals surface area contributed by atoms with Crippen molar-refractivity contribution in [3.63, 3.8) is 0 Å². The van der Waals surface area contributed by atoms with E-state index in [9.17, 15) is 9.59 Å². The van der Waals surface area contributed by atoms with Crippen molar-refractivity contribution in [2.75, 3.05) is 13.2 Å². The summed E-state index contributed by atoms with van der Waals surface area (Å²) in [6.45, 7) is 0.309. The zero-order valence-corrected chi connectivity index (χ0v) is 14.9. The lowest BCUT2D eigenvalue weighted by atomic mass is 10.0. The van der Waals surface area contributed by atoms with Crippen LogP contribution in [-0.4, -0.2) is 36.3 Å². The van der Waals surface area contributed by atoms with Crippen molar-refractivity contribution in [2.45, 2.75) is 6.10 Å². The quantitative estimate of drug-likeness (QED) is 0.694. The third kappa shape index (κ3) is 3.71. The molecule has 1 atom stereocenters. The molecule has 6 nitrogen and oxygen atoms in total. The molecule has 3 aromatic rings. The average Bonchev–Trinajstić information content (AvgIpc) is 3.11. The smallest absolute Gasteiger partial charge is 0.407 e. The second kappa shape index (κ2) is 7.25. The minimum atomic E-state index is -0.504. The van der Waals surface area contributed by atoms with Gasteiger partial charge in [0, 0.05) is 16.0 Å². The molecule has 1 saturated heterocycles. The molecular formula is C20H15ClN2O4. The van der Waals surface area contributed by atoms with Gasteiger partial charge in [0.2, 0.25) is 0 Å². The van der Waals surface area contributed by atoms with Gasteiger partial charge in [-0.15, -0.1) is 0 Å². The second-order valence-electron chi connectivity index (χ2n) is 6.09. The summed E-state index contributed by atoms with van der Waals surface area (Å²) in [7, 11) is 0. The third-order valence-electron chi connectivity index (χ3n) is 4.22. The Labute approximate surface area is 160 Å². The van der Waals surface area contributed by atoms with Crippen LogP contribution in [-0.2, 0) is 9.47 Å². The number of amides is 1. The number of hydrogen-bond acceptors (Lipinski definition) is 5. The van der Waals surface area contributed by atoms with Crippen molar-refractivity contribution >= 4 is 34.6 Å². The predicted octanol–water partition coefficient (Wildman–Crippen LogP) is 3.82. The van der Waals surface area contributed by atoms with Gasteiger partial charge < -0.3 is 14.8 Å². The molecule has 0 bridgehead atoms. The second-order valence-corrected chi connectivity index (χ2v) is 6.52. The minimum absolute atomic E-state index is 0.00942. The lowest BCUT2D eigenvalue weighted by molar-refractivity contribution is 0.0302. The molecule has 2 heterocycles. The van der Waals surface area contributed by atoms with E-state index in [2.05, 4.69) is 10.3 Å². The fraction of sp³-hybridized carbons (Fsp3) is 0.150. The van der Waals surface area contributed by atoms with Crippen LogP contribution < -0.4 is 5.32 Å². The largest absolute Gasteiger partial charge is 0.458 e. The number of hydrogen-bond donors (Lipinski definition) is 1. The summed E-state index contributed by atoms with van der Waals surface area (Å²) in [5.41, 5.74) is 2.58. The van der Waals surface area contributed by atoms with Gasteiger partial charge in [-0.05, 0) is 24.3 Å². The number of cyclic esters (lactones) is 1. The Morgan fingerprint density at radius 1 is 1.22 bits per heavy atom. The third-order valence-corrected chi connectivity index (χ3v) is 4.48. The van der Waals surface area contributed by atoms with Crippen LogP contribution in [0.5, 0.6) is 0 Å². The molecule has 0 saturated carbocycles. The molecule has 2 aromatic carbocycles. The minimum Gasteiger partial charge on any atom is -0.458 e. The first-order valence-corrected chi connectivity index (χ1v) is 8.75. The van der Waals surface area contributed by atoms with Gasteiger partial charge in [-0.2, -0.15) is 0 Å². The normalized spacial score (nSPS) is 16.0. The lowest BCUT2D eigenvalue weighted by Gasteiger charge is -2.12. The van der Waals surface area contributed by atoms with Gasteiger partial charge in [0.1, 0.15) is 6.61 Å². The zero-order chi connectivity index (χ0) is 18.8. The van der Waals surface area contributed by atoms with Gasteiger partial charge in [0.25, 0.3) is 0 Å². The number of rotatable bonds is 4. The molecule has 0 unspecified atom stereocenters. The fourth-order valence-electron chi connectivity index (χ4n) is 2.88. The molecule has 136 valence electrons. The summed E-state index contributed by atoms with van der Waals surface area (Å²) in [5, 5.41) is 3.84. The van der Waals surface area contributed by atoms with Crippen LogP contribution in [0.25, 0.3) is 22.2 Å². The lowest BCUT2D eigenvalue weighted by Crippen LogP contribution is -2.22. The number of aromatic nitrogens is 1. The summed E-state index contributed by atoms with van der Waals surface area (Å²) in [6, 6.07) is 16.3. The first-order chi connectivity index (χ1) is 13.1. The molecular weight excluding hydrogens is 368 g/mol. The van der Waals surface area contributed by atoms with E-state index >= 15 is 0 Å². The molecule has 1 aliphatic heterocycles. The van der Waals surface area contributed by atoms with Gasteiger partial charge in [-0.3, -0.25) is 0 Å². The van der Waals surface area contributed by atoms with Crippen LogP contribution in [0, 0.1) is 0 Å². The highest BCUT2D eigenvalue weighted by molar-refractivity contribution is 6.30. The number of halogens is 1. The van der Waals surface area contributed by atoms with E-state index in [-0.39, 0.29) is 6.61 Å². The Hall–Kier alpha value is -3.12. The van der Waals surface area contributed by atoms with E-state index in [1.54, 1.807) is 18.2 Å². The number of nitrogens with zero attached hydrogens (tertiary/aromatic N) is 1. The van der Waals surface area contributed by atoms with E-state index in [0.717, 1.165) is 5.56 Å². The zero-order valence-electron chi connectivity index (χ0n) is 14.1. The standard InChI is InChI=1S/C20H15ClN2O4/c21-13-7-5-12(6-8-13)18-9-16(15-3-1-2-4-17(15)23-18)19(24)26-11-14-10-22-20(25)27-14/h1-9,14H,10-11H2,(H,22,25)/t14-/m0/s1. The fourth-order valence-corrected chi connectivity index (χ4v) is 3.01. The Morgan fingerprint density at radius 2 is 2.00 bits per heavy atom. The molecule has 1 N–H and O–H groups in total. The highest BCUT2D eigenvalue weighted by Crippen LogP contribution is 2.26. The predicted molar refractivity (Wildman–Crippen MR) is 101 cm³/mol. The van der Waals surface area contributed by atoms with Crippen LogP contribution in [0.1, 0.15) is 10.4 Å². The SMILES string of the molecule is O=C1NC[C@@H](COC(=O)c2cc(-c3ccc(Cl)cc3)nc3ccccc23)O1. The maximum Gasteiger partial charge on any atom is 0.407 e. The number of carbonyl (C=O) groups excluding carboxylic acids is 2. The number of fused-ring (bicyclic) bond motifs is 1. The van der Waals surface area contributed by atoms with Crippen LogP contribution in [0.15, 0.2) is 54.6 Å². The number of ether oxygens (including phenoxy) is 2. The van der Waals surface area contributed by atoms with E-state index < -0.39 is 18.2 Å². The Morgan fingerprint density at radius 3 is 2.74 bits per heavy atom. The van der Waals surface area contributed by atoms with Crippen molar-refractivity contribution in [2.24, 2.45) is 0 Å². The first kappa shape index (κ1) is 17.3. The highest BCUT2D eigenvalue weighted by Gasteiger charge is 2.24. The molecule has 1 aliphatic rings. The van der Waals surface area contributed by atoms with Gasteiger partial charge in [-0.1, -0.05) is 41.9 Å². The number of carbonyl (C=O) groups is 2. The molecule has 0 radical (unpaired) electrons. The first-order valence-electron chi connectivity index (χ1n) is 8.37. The highest BCUT2D eigenvalue weighted by atomic mass is 35.5. The van der Waals surface area contributed by atoms with Crippen molar-refractivity contribution in [1.82, 2.24) is 10.3 Å². The molecule has 0 aliphatic carbocycles.